The molecule has 2 N–H and O–H groups in total. The first-order valence-corrected chi connectivity index (χ1v) is 6.13. The van der Waals surface area contributed by atoms with Crippen LogP contribution in [0.2, 0.25) is 0 Å². The number of benzene rings is 2. The van der Waals surface area contributed by atoms with Gasteiger partial charge in [0.05, 0.1) is 12.8 Å². The molecule has 2 aromatic carbocycles. The van der Waals surface area contributed by atoms with Crippen molar-refractivity contribution in [2.75, 3.05) is 19.1 Å². The van der Waals surface area contributed by atoms with E-state index in [1.165, 1.54) is 12.1 Å². The Morgan fingerprint density at radius 3 is 2.25 bits per heavy atom. The highest BCUT2D eigenvalue weighted by atomic mass is 19.2. The van der Waals surface area contributed by atoms with Crippen molar-refractivity contribution in [1.29, 1.82) is 0 Å². The van der Waals surface area contributed by atoms with Crippen LogP contribution in [-0.2, 0) is 6.54 Å². The molecule has 0 heterocycles. The number of halogens is 2. The Morgan fingerprint density at radius 2 is 1.70 bits per heavy atom. The zero-order valence-electron chi connectivity index (χ0n) is 11.4. The molecule has 5 heteroatoms. The first-order valence-electron chi connectivity index (χ1n) is 6.13. The van der Waals surface area contributed by atoms with Gasteiger partial charge in [0.15, 0.2) is 11.6 Å². The molecule has 0 bridgehead atoms. The average molecular weight is 278 g/mol. The van der Waals surface area contributed by atoms with Gasteiger partial charge < -0.3 is 15.4 Å². The van der Waals surface area contributed by atoms with E-state index in [0.717, 1.165) is 5.69 Å². The van der Waals surface area contributed by atoms with Gasteiger partial charge in [-0.05, 0) is 30.3 Å². The molecule has 0 fully saturated rings. The fourth-order valence-corrected chi connectivity index (χ4v) is 1.94. The van der Waals surface area contributed by atoms with E-state index in [1.54, 1.807) is 43.3 Å². The highest BCUT2D eigenvalue weighted by Crippen LogP contribution is 2.29. The Labute approximate surface area is 116 Å². The van der Waals surface area contributed by atoms with Crippen LogP contribution in [0.3, 0.4) is 0 Å². The summed E-state index contributed by atoms with van der Waals surface area (Å²) in [5.74, 6) is -1.09. The molecule has 0 saturated heterocycles. The largest absolute Gasteiger partial charge is 0.497 e. The molecule has 0 aliphatic rings. The Morgan fingerprint density at radius 1 is 1.05 bits per heavy atom. The van der Waals surface area contributed by atoms with Crippen molar-refractivity contribution in [2.24, 2.45) is 5.73 Å². The van der Waals surface area contributed by atoms with Crippen LogP contribution < -0.4 is 15.4 Å². The Hall–Kier alpha value is -2.14. The van der Waals surface area contributed by atoms with Crippen LogP contribution in [0.4, 0.5) is 20.2 Å². The first kappa shape index (κ1) is 14.3. The molecule has 2 rings (SSSR count). The molecular formula is C15H16F2N2O. The number of nitrogens with zero attached hydrogens (tertiary/aromatic N) is 1. The molecule has 0 amide bonds. The van der Waals surface area contributed by atoms with Gasteiger partial charge in [-0.15, -0.1) is 0 Å². The molecule has 0 radical (unpaired) electrons. The minimum Gasteiger partial charge on any atom is -0.497 e. The Bertz CT molecular complexity index is 600. The lowest BCUT2D eigenvalue weighted by atomic mass is 10.1. The van der Waals surface area contributed by atoms with Gasteiger partial charge in [0.1, 0.15) is 5.75 Å². The second-order valence-corrected chi connectivity index (χ2v) is 4.33. The van der Waals surface area contributed by atoms with Crippen molar-refractivity contribution in [3.8, 4) is 5.75 Å². The second kappa shape index (κ2) is 5.88. The normalized spacial score (nSPS) is 10.4. The third kappa shape index (κ3) is 2.58. The molecule has 0 aromatic heterocycles. The molecule has 0 aliphatic heterocycles. The molecule has 3 nitrogen and oxygen atoms in total. The Balaban J connectivity index is 2.37. The van der Waals surface area contributed by atoms with E-state index >= 15 is 0 Å². The van der Waals surface area contributed by atoms with Crippen LogP contribution >= 0.6 is 0 Å². The minimum atomic E-state index is -0.898. The van der Waals surface area contributed by atoms with E-state index in [4.69, 9.17) is 10.5 Å². The summed E-state index contributed by atoms with van der Waals surface area (Å²) in [4.78, 5) is 1.57. The first-order chi connectivity index (χ1) is 9.58. The van der Waals surface area contributed by atoms with Gasteiger partial charge in [-0.1, -0.05) is 6.07 Å². The summed E-state index contributed by atoms with van der Waals surface area (Å²) in [6.07, 6.45) is 0. The number of rotatable bonds is 4. The lowest BCUT2D eigenvalue weighted by Gasteiger charge is -2.21. The maximum absolute atomic E-state index is 14.0. The highest BCUT2D eigenvalue weighted by molar-refractivity contribution is 5.64. The molecule has 0 aliphatic carbocycles. The molecule has 106 valence electrons. The summed E-state index contributed by atoms with van der Waals surface area (Å²) < 4.78 is 32.9. The zero-order chi connectivity index (χ0) is 14.7. The van der Waals surface area contributed by atoms with Crippen LogP contribution in [0.15, 0.2) is 36.4 Å². The van der Waals surface area contributed by atoms with E-state index in [-0.39, 0.29) is 17.8 Å². The van der Waals surface area contributed by atoms with Crippen molar-refractivity contribution < 1.29 is 13.5 Å². The van der Waals surface area contributed by atoms with Gasteiger partial charge in [-0.2, -0.15) is 0 Å². The summed E-state index contributed by atoms with van der Waals surface area (Å²) in [5.41, 5.74) is 6.40. The standard InChI is InChI=1S/C15H16F2N2O/c1-19(11-4-6-12(20-2)7-5-11)13-8-3-10(9-18)14(16)15(13)17/h3-8H,9,18H2,1-2H3. The van der Waals surface area contributed by atoms with Crippen LogP contribution in [0, 0.1) is 11.6 Å². The number of hydrogen-bond acceptors (Lipinski definition) is 3. The smallest absolute Gasteiger partial charge is 0.182 e. The Kier molecular flexibility index (Phi) is 4.20. The second-order valence-electron chi connectivity index (χ2n) is 4.33. The van der Waals surface area contributed by atoms with Crippen molar-refractivity contribution in [3.63, 3.8) is 0 Å². The summed E-state index contributed by atoms with van der Waals surface area (Å²) in [6, 6.07) is 10.1. The van der Waals surface area contributed by atoms with E-state index < -0.39 is 11.6 Å². The van der Waals surface area contributed by atoms with E-state index in [1.807, 2.05) is 0 Å². The summed E-state index contributed by atoms with van der Waals surface area (Å²) in [7, 11) is 3.24. The molecule has 0 saturated carbocycles. The molecule has 0 spiro atoms. The fraction of sp³-hybridized carbons (Fsp3) is 0.200. The van der Waals surface area contributed by atoms with Gasteiger partial charge in [-0.3, -0.25) is 0 Å². The summed E-state index contributed by atoms with van der Waals surface area (Å²) >= 11 is 0. The molecule has 0 unspecified atom stereocenters. The highest BCUT2D eigenvalue weighted by Gasteiger charge is 2.16. The van der Waals surface area contributed by atoms with Crippen molar-refractivity contribution in [3.05, 3.63) is 53.6 Å². The quantitative estimate of drug-likeness (QED) is 0.933. The topological polar surface area (TPSA) is 38.5 Å². The van der Waals surface area contributed by atoms with E-state index in [0.29, 0.717) is 5.75 Å². The summed E-state index contributed by atoms with van der Waals surface area (Å²) in [6.45, 7) is -0.0325. The molecule has 20 heavy (non-hydrogen) atoms. The van der Waals surface area contributed by atoms with Crippen LogP contribution in [0.1, 0.15) is 5.56 Å². The summed E-state index contributed by atoms with van der Waals surface area (Å²) in [5, 5.41) is 0. The van der Waals surface area contributed by atoms with Gasteiger partial charge in [0, 0.05) is 24.8 Å². The van der Waals surface area contributed by atoms with Crippen LogP contribution in [0.5, 0.6) is 5.75 Å². The molecule has 0 atom stereocenters. The number of hydrogen-bond donors (Lipinski definition) is 1. The van der Waals surface area contributed by atoms with E-state index in [2.05, 4.69) is 0 Å². The third-order valence-electron chi connectivity index (χ3n) is 3.18. The van der Waals surface area contributed by atoms with Gasteiger partial charge in [0.25, 0.3) is 0 Å². The number of anilines is 2. The van der Waals surface area contributed by atoms with Crippen molar-refractivity contribution >= 4 is 11.4 Å². The number of methoxy groups -OCH3 is 1. The fourth-order valence-electron chi connectivity index (χ4n) is 1.94. The number of nitrogens with two attached hydrogens (primary N) is 1. The predicted octanol–water partition coefficient (Wildman–Crippen LogP) is 3.20. The maximum Gasteiger partial charge on any atom is 0.182 e. The van der Waals surface area contributed by atoms with Crippen LogP contribution in [-0.4, -0.2) is 14.2 Å². The van der Waals surface area contributed by atoms with Gasteiger partial charge in [-0.25, -0.2) is 8.78 Å². The van der Waals surface area contributed by atoms with E-state index in [9.17, 15) is 8.78 Å². The lowest BCUT2D eigenvalue weighted by molar-refractivity contribution is 0.415. The van der Waals surface area contributed by atoms with Gasteiger partial charge in [0.2, 0.25) is 0 Å². The molecule has 2 aromatic rings. The zero-order valence-corrected chi connectivity index (χ0v) is 11.4. The average Bonchev–Trinajstić information content (AvgIpc) is 2.49. The minimum absolute atomic E-state index is 0.0325. The predicted molar refractivity (Wildman–Crippen MR) is 75.3 cm³/mol. The number of ether oxygens (including phenoxy) is 1. The maximum atomic E-state index is 14.0. The monoisotopic (exact) mass is 278 g/mol. The van der Waals surface area contributed by atoms with Crippen LogP contribution in [0.25, 0.3) is 0 Å². The van der Waals surface area contributed by atoms with Crippen molar-refractivity contribution in [1.82, 2.24) is 0 Å². The van der Waals surface area contributed by atoms with Crippen molar-refractivity contribution in [2.45, 2.75) is 6.54 Å². The third-order valence-corrected chi connectivity index (χ3v) is 3.18. The van der Waals surface area contributed by atoms with Gasteiger partial charge >= 0.3 is 0 Å². The lowest BCUT2D eigenvalue weighted by Crippen LogP contribution is -2.13. The SMILES string of the molecule is COc1ccc(N(C)c2ccc(CN)c(F)c2F)cc1. The molecular weight excluding hydrogens is 262 g/mol.